The minimum Gasteiger partial charge on any atom is -0.308 e. The first-order chi connectivity index (χ1) is 11.7. The van der Waals surface area contributed by atoms with Crippen molar-refractivity contribution in [2.24, 2.45) is 0 Å². The Morgan fingerprint density at radius 3 is 1.65 bits per heavy atom. The fraction of sp³-hybridized carbons (Fsp3) is 0.429. The third-order valence-corrected chi connectivity index (χ3v) is 5.19. The molecule has 144 valence electrons. The van der Waals surface area contributed by atoms with E-state index in [0.717, 1.165) is 18.1 Å². The van der Waals surface area contributed by atoms with Crippen LogP contribution in [0.2, 0.25) is 5.02 Å². The molecule has 2 unspecified atom stereocenters. The maximum absolute atomic E-state index is 5.96. The van der Waals surface area contributed by atoms with Gasteiger partial charge in [-0.3, -0.25) is 0 Å². The molecule has 26 heavy (non-hydrogen) atoms. The molecule has 2 aromatic rings. The number of benzene rings is 2. The largest absolute Gasteiger partial charge is 0.308 e. The van der Waals surface area contributed by atoms with Crippen molar-refractivity contribution in [1.29, 1.82) is 0 Å². The van der Waals surface area contributed by atoms with Crippen molar-refractivity contribution in [2.75, 3.05) is 0 Å². The van der Waals surface area contributed by atoms with Crippen molar-refractivity contribution >= 4 is 36.4 Å². The number of hydrogen-bond donors (Lipinski definition) is 2. The van der Waals surface area contributed by atoms with Crippen molar-refractivity contribution in [2.45, 2.75) is 57.8 Å². The van der Waals surface area contributed by atoms with Crippen LogP contribution in [0.3, 0.4) is 0 Å². The van der Waals surface area contributed by atoms with Crippen LogP contribution in [0, 0.1) is 6.92 Å². The van der Waals surface area contributed by atoms with E-state index in [2.05, 4.69) is 54.0 Å². The topological polar surface area (TPSA) is 24.1 Å². The van der Waals surface area contributed by atoms with Gasteiger partial charge in [0.25, 0.3) is 0 Å². The van der Waals surface area contributed by atoms with Gasteiger partial charge in [0, 0.05) is 30.2 Å². The van der Waals surface area contributed by atoms with Gasteiger partial charge in [-0.15, -0.1) is 24.8 Å². The molecule has 0 radical (unpaired) electrons. The third-order valence-electron chi connectivity index (χ3n) is 4.94. The second-order valence-corrected chi connectivity index (χ2v) is 7.31. The molecule has 0 aliphatic heterocycles. The molecule has 2 aromatic carbocycles. The van der Waals surface area contributed by atoms with E-state index in [4.69, 9.17) is 11.6 Å². The fourth-order valence-electron chi connectivity index (χ4n) is 3.43. The second-order valence-electron chi connectivity index (χ2n) is 6.87. The molecule has 1 aliphatic carbocycles. The maximum Gasteiger partial charge on any atom is 0.0406 e. The molecule has 3 rings (SSSR count). The monoisotopic (exact) mass is 414 g/mol. The summed E-state index contributed by atoms with van der Waals surface area (Å²) in [6, 6.07) is 18.1. The molecule has 0 amide bonds. The maximum atomic E-state index is 5.96. The Morgan fingerprint density at radius 1 is 0.769 bits per heavy atom. The molecule has 2 nitrogen and oxygen atoms in total. The summed E-state index contributed by atoms with van der Waals surface area (Å²) in [5.41, 5.74) is 3.98. The highest BCUT2D eigenvalue weighted by atomic mass is 35.5. The summed E-state index contributed by atoms with van der Waals surface area (Å²) in [6.07, 6.45) is 5.15. The van der Waals surface area contributed by atoms with Gasteiger partial charge in [0.15, 0.2) is 0 Å². The van der Waals surface area contributed by atoms with Gasteiger partial charge in [-0.1, -0.05) is 66.4 Å². The van der Waals surface area contributed by atoms with Crippen molar-refractivity contribution in [3.63, 3.8) is 0 Å². The summed E-state index contributed by atoms with van der Waals surface area (Å²) in [5.74, 6) is 0. The highest BCUT2D eigenvalue weighted by Gasteiger charge is 2.24. The quantitative estimate of drug-likeness (QED) is 0.634. The summed E-state index contributed by atoms with van der Waals surface area (Å²) >= 11 is 5.96. The molecule has 1 fully saturated rings. The summed E-state index contributed by atoms with van der Waals surface area (Å²) in [7, 11) is 0. The van der Waals surface area contributed by atoms with E-state index in [-0.39, 0.29) is 24.8 Å². The van der Waals surface area contributed by atoms with Gasteiger partial charge < -0.3 is 10.6 Å². The smallest absolute Gasteiger partial charge is 0.0406 e. The van der Waals surface area contributed by atoms with E-state index >= 15 is 0 Å². The predicted molar refractivity (Wildman–Crippen MR) is 117 cm³/mol. The minimum atomic E-state index is 0. The molecule has 0 aromatic heterocycles. The average Bonchev–Trinajstić information content (AvgIpc) is 2.61. The number of rotatable bonds is 6. The highest BCUT2D eigenvalue weighted by Crippen LogP contribution is 2.20. The summed E-state index contributed by atoms with van der Waals surface area (Å²) < 4.78 is 0. The Balaban J connectivity index is 0.00000169. The van der Waals surface area contributed by atoms with Crippen LogP contribution >= 0.6 is 36.4 Å². The Bertz CT molecular complexity index is 571. The van der Waals surface area contributed by atoms with Gasteiger partial charge in [-0.05, 0) is 43.0 Å². The lowest BCUT2D eigenvalue weighted by molar-refractivity contribution is 0.281. The van der Waals surface area contributed by atoms with E-state index in [1.165, 1.54) is 42.4 Å². The average molecular weight is 416 g/mol. The Kier molecular flexibility index (Phi) is 10.6. The zero-order valence-electron chi connectivity index (χ0n) is 15.2. The molecular formula is C21H29Cl3N2. The van der Waals surface area contributed by atoms with Crippen LogP contribution in [0.15, 0.2) is 48.5 Å². The van der Waals surface area contributed by atoms with Crippen LogP contribution in [0.4, 0.5) is 0 Å². The Hall–Kier alpha value is -0.770. The van der Waals surface area contributed by atoms with Gasteiger partial charge in [0.1, 0.15) is 0 Å². The van der Waals surface area contributed by atoms with E-state index < -0.39 is 0 Å². The van der Waals surface area contributed by atoms with Crippen LogP contribution in [0.1, 0.15) is 42.4 Å². The number of halogens is 3. The highest BCUT2D eigenvalue weighted by molar-refractivity contribution is 6.30. The SMILES string of the molecule is Cc1ccc(CNC2CCCCC2NCc2ccc(Cl)cc2)cc1.Cl.Cl. The molecule has 0 saturated heterocycles. The summed E-state index contributed by atoms with van der Waals surface area (Å²) in [6.45, 7) is 3.99. The van der Waals surface area contributed by atoms with E-state index in [0.29, 0.717) is 12.1 Å². The van der Waals surface area contributed by atoms with Crippen molar-refractivity contribution < 1.29 is 0 Å². The van der Waals surface area contributed by atoms with Gasteiger partial charge in [0.2, 0.25) is 0 Å². The molecule has 5 heteroatoms. The zero-order valence-corrected chi connectivity index (χ0v) is 17.6. The molecular weight excluding hydrogens is 387 g/mol. The first-order valence-corrected chi connectivity index (χ1v) is 9.35. The van der Waals surface area contributed by atoms with Gasteiger partial charge in [-0.25, -0.2) is 0 Å². The normalized spacial score (nSPS) is 19.3. The van der Waals surface area contributed by atoms with Crippen molar-refractivity contribution in [3.8, 4) is 0 Å². The fourth-order valence-corrected chi connectivity index (χ4v) is 3.55. The van der Waals surface area contributed by atoms with Crippen molar-refractivity contribution in [1.82, 2.24) is 10.6 Å². The van der Waals surface area contributed by atoms with Crippen LogP contribution in [0.5, 0.6) is 0 Å². The van der Waals surface area contributed by atoms with Crippen molar-refractivity contribution in [3.05, 3.63) is 70.2 Å². The van der Waals surface area contributed by atoms with Crippen LogP contribution in [0.25, 0.3) is 0 Å². The van der Waals surface area contributed by atoms with Gasteiger partial charge in [-0.2, -0.15) is 0 Å². The number of hydrogen-bond acceptors (Lipinski definition) is 2. The van der Waals surface area contributed by atoms with Crippen LogP contribution < -0.4 is 10.6 Å². The Morgan fingerprint density at radius 2 is 1.19 bits per heavy atom. The minimum absolute atomic E-state index is 0. The second kappa shape index (κ2) is 11.8. The molecule has 1 aliphatic rings. The van der Waals surface area contributed by atoms with E-state index in [1.807, 2.05) is 12.1 Å². The number of nitrogens with one attached hydrogen (secondary N) is 2. The lowest BCUT2D eigenvalue weighted by Gasteiger charge is -2.33. The van der Waals surface area contributed by atoms with E-state index in [9.17, 15) is 0 Å². The lowest BCUT2D eigenvalue weighted by Crippen LogP contribution is -2.49. The molecule has 2 N–H and O–H groups in total. The van der Waals surface area contributed by atoms with Gasteiger partial charge >= 0.3 is 0 Å². The lowest BCUT2D eigenvalue weighted by atomic mass is 9.90. The summed E-state index contributed by atoms with van der Waals surface area (Å²) in [5, 5.41) is 8.32. The standard InChI is InChI=1S/C21H27ClN2.2ClH/c1-16-6-8-17(9-7-16)14-23-20-4-2-3-5-21(20)24-15-18-10-12-19(22)13-11-18;;/h6-13,20-21,23-24H,2-5,14-15H2,1H3;2*1H. The molecule has 0 bridgehead atoms. The predicted octanol–water partition coefficient (Wildman–Crippen LogP) is 5.68. The van der Waals surface area contributed by atoms with Gasteiger partial charge in [0.05, 0.1) is 0 Å². The first kappa shape index (κ1) is 23.3. The summed E-state index contributed by atoms with van der Waals surface area (Å²) in [4.78, 5) is 0. The number of aryl methyl sites for hydroxylation is 1. The third kappa shape index (κ3) is 7.09. The first-order valence-electron chi connectivity index (χ1n) is 8.97. The molecule has 0 spiro atoms. The Labute approximate surface area is 174 Å². The molecule has 2 atom stereocenters. The molecule has 0 heterocycles. The van der Waals surface area contributed by atoms with E-state index in [1.54, 1.807) is 0 Å². The van der Waals surface area contributed by atoms with Crippen LogP contribution in [-0.4, -0.2) is 12.1 Å². The molecule has 1 saturated carbocycles. The van der Waals surface area contributed by atoms with Crippen LogP contribution in [-0.2, 0) is 13.1 Å². The zero-order chi connectivity index (χ0) is 16.8.